The number of rotatable bonds is 9. The van der Waals surface area contributed by atoms with Gasteiger partial charge in [-0.1, -0.05) is 38.2 Å². The van der Waals surface area contributed by atoms with Crippen LogP contribution in [0.5, 0.6) is 0 Å². The average molecular weight is 254 g/mol. The van der Waals surface area contributed by atoms with Crippen LogP contribution in [0.2, 0.25) is 0 Å². The van der Waals surface area contributed by atoms with Crippen LogP contribution >= 0.6 is 0 Å². The molecule has 0 spiro atoms. The van der Waals surface area contributed by atoms with E-state index in [0.717, 1.165) is 19.3 Å². The van der Waals surface area contributed by atoms with Crippen molar-refractivity contribution in [2.24, 2.45) is 5.92 Å². The lowest BCUT2D eigenvalue weighted by Crippen LogP contribution is -2.36. The van der Waals surface area contributed by atoms with Crippen LogP contribution in [0, 0.1) is 5.92 Å². The largest absolute Gasteiger partial charge is 0.390 e. The predicted molar refractivity (Wildman–Crippen MR) is 76.7 cm³/mol. The van der Waals surface area contributed by atoms with Crippen molar-refractivity contribution in [2.75, 3.05) is 7.11 Å². The van der Waals surface area contributed by atoms with E-state index in [-0.39, 0.29) is 12.2 Å². The Kier molecular flexibility index (Phi) is 8.36. The van der Waals surface area contributed by atoms with Crippen LogP contribution in [0.1, 0.15) is 64.2 Å². The molecule has 1 saturated carbocycles. The number of aliphatic hydroxyl groups excluding tert-OH is 1. The van der Waals surface area contributed by atoms with Crippen LogP contribution in [0.15, 0.2) is 12.7 Å². The second-order valence-corrected chi connectivity index (χ2v) is 5.59. The minimum atomic E-state index is -0.276. The first-order valence-corrected chi connectivity index (χ1v) is 7.61. The highest BCUT2D eigenvalue weighted by molar-refractivity contribution is 4.80. The Labute approximate surface area is 112 Å². The fourth-order valence-electron chi connectivity index (χ4n) is 3.11. The van der Waals surface area contributed by atoms with Gasteiger partial charge in [0, 0.05) is 7.11 Å². The van der Waals surface area contributed by atoms with Crippen molar-refractivity contribution in [3.8, 4) is 0 Å². The van der Waals surface area contributed by atoms with E-state index < -0.39 is 0 Å². The van der Waals surface area contributed by atoms with E-state index in [0.29, 0.717) is 5.92 Å². The molecule has 2 unspecified atom stereocenters. The zero-order chi connectivity index (χ0) is 13.2. The normalized spacial score (nSPS) is 20.6. The predicted octanol–water partition coefficient (Wildman–Crippen LogP) is 4.08. The smallest absolute Gasteiger partial charge is 0.0858 e. The summed E-state index contributed by atoms with van der Waals surface area (Å²) in [5.74, 6) is 0.576. The summed E-state index contributed by atoms with van der Waals surface area (Å²) in [7, 11) is 1.75. The molecule has 1 aliphatic carbocycles. The molecule has 1 rings (SSSR count). The van der Waals surface area contributed by atoms with Gasteiger partial charge in [0.15, 0.2) is 0 Å². The fourth-order valence-corrected chi connectivity index (χ4v) is 3.11. The maximum absolute atomic E-state index is 10.3. The first-order chi connectivity index (χ1) is 8.79. The van der Waals surface area contributed by atoms with E-state index in [9.17, 15) is 5.11 Å². The zero-order valence-electron chi connectivity index (χ0n) is 11.9. The summed E-state index contributed by atoms with van der Waals surface area (Å²) < 4.78 is 5.56. The minimum Gasteiger partial charge on any atom is -0.390 e. The highest BCUT2D eigenvalue weighted by Gasteiger charge is 2.28. The molecule has 0 aromatic heterocycles. The molecule has 1 aliphatic rings. The molecule has 2 nitrogen and oxygen atoms in total. The number of hydrogen-bond acceptors (Lipinski definition) is 2. The Hall–Kier alpha value is -0.340. The van der Waals surface area contributed by atoms with Crippen molar-refractivity contribution in [2.45, 2.75) is 76.4 Å². The molecule has 1 fully saturated rings. The van der Waals surface area contributed by atoms with Gasteiger partial charge in [-0.3, -0.25) is 0 Å². The first kappa shape index (κ1) is 15.7. The maximum Gasteiger partial charge on any atom is 0.0858 e. The van der Waals surface area contributed by atoms with Gasteiger partial charge in [0.05, 0.1) is 12.2 Å². The molecule has 2 atom stereocenters. The average Bonchev–Trinajstić information content (AvgIpc) is 2.40. The molecule has 1 N–H and O–H groups in total. The standard InChI is InChI=1S/C16H30O2/c1-3-4-5-6-10-13-15(17)16(18-2)14-11-8-7-9-12-14/h3,14-17H,1,4-13H2,2H3. The topological polar surface area (TPSA) is 29.5 Å². The molecule has 0 aliphatic heterocycles. The van der Waals surface area contributed by atoms with Crippen LogP contribution in [0.25, 0.3) is 0 Å². The molecule has 0 aromatic rings. The van der Waals surface area contributed by atoms with E-state index in [1.165, 1.54) is 44.9 Å². The highest BCUT2D eigenvalue weighted by atomic mass is 16.5. The molecular weight excluding hydrogens is 224 g/mol. The van der Waals surface area contributed by atoms with Gasteiger partial charge in [-0.15, -0.1) is 6.58 Å². The summed E-state index contributed by atoms with van der Waals surface area (Å²) in [6, 6.07) is 0. The fraction of sp³-hybridized carbons (Fsp3) is 0.875. The van der Waals surface area contributed by atoms with Gasteiger partial charge >= 0.3 is 0 Å². The van der Waals surface area contributed by atoms with Gasteiger partial charge < -0.3 is 9.84 Å². The first-order valence-electron chi connectivity index (χ1n) is 7.61. The van der Waals surface area contributed by atoms with Crippen LogP contribution < -0.4 is 0 Å². The van der Waals surface area contributed by atoms with Gasteiger partial charge in [0.1, 0.15) is 0 Å². The van der Waals surface area contributed by atoms with Crippen LogP contribution in [0.4, 0.5) is 0 Å². The quantitative estimate of drug-likeness (QED) is 0.496. The number of ether oxygens (including phenoxy) is 1. The Morgan fingerprint density at radius 3 is 2.56 bits per heavy atom. The van der Waals surface area contributed by atoms with Crippen LogP contribution in [-0.2, 0) is 4.74 Å². The highest BCUT2D eigenvalue weighted by Crippen LogP contribution is 2.30. The van der Waals surface area contributed by atoms with Crippen LogP contribution in [-0.4, -0.2) is 24.4 Å². The summed E-state index contributed by atoms with van der Waals surface area (Å²) in [5, 5.41) is 10.3. The van der Waals surface area contributed by atoms with Crippen molar-refractivity contribution < 1.29 is 9.84 Å². The summed E-state index contributed by atoms with van der Waals surface area (Å²) in [6.45, 7) is 3.73. The summed E-state index contributed by atoms with van der Waals surface area (Å²) in [5.41, 5.74) is 0. The summed E-state index contributed by atoms with van der Waals surface area (Å²) >= 11 is 0. The molecule has 18 heavy (non-hydrogen) atoms. The van der Waals surface area contributed by atoms with Gasteiger partial charge in [-0.05, 0) is 38.0 Å². The van der Waals surface area contributed by atoms with Gasteiger partial charge in [0.25, 0.3) is 0 Å². The zero-order valence-corrected chi connectivity index (χ0v) is 11.9. The lowest BCUT2D eigenvalue weighted by atomic mass is 9.82. The van der Waals surface area contributed by atoms with Gasteiger partial charge in [-0.2, -0.15) is 0 Å². The molecular formula is C16H30O2. The van der Waals surface area contributed by atoms with E-state index in [2.05, 4.69) is 6.58 Å². The van der Waals surface area contributed by atoms with E-state index in [1.54, 1.807) is 7.11 Å². The third-order valence-corrected chi connectivity index (χ3v) is 4.17. The van der Waals surface area contributed by atoms with E-state index >= 15 is 0 Å². The number of allylic oxidation sites excluding steroid dienone is 1. The number of hydrogen-bond donors (Lipinski definition) is 1. The van der Waals surface area contributed by atoms with Gasteiger partial charge in [0.2, 0.25) is 0 Å². The molecule has 0 amide bonds. The molecule has 0 heterocycles. The molecule has 0 bridgehead atoms. The minimum absolute atomic E-state index is 0.0599. The Balaban J connectivity index is 2.23. The van der Waals surface area contributed by atoms with E-state index in [1.807, 2.05) is 6.08 Å². The number of methoxy groups -OCH3 is 1. The molecule has 0 radical (unpaired) electrons. The molecule has 2 heteroatoms. The monoisotopic (exact) mass is 254 g/mol. The van der Waals surface area contributed by atoms with E-state index in [4.69, 9.17) is 4.74 Å². The Morgan fingerprint density at radius 2 is 1.94 bits per heavy atom. The van der Waals surface area contributed by atoms with Crippen molar-refractivity contribution in [1.82, 2.24) is 0 Å². The SMILES string of the molecule is C=CCCCCCC(O)C(OC)C1CCCCC1. The number of unbranched alkanes of at least 4 members (excludes halogenated alkanes) is 3. The van der Waals surface area contributed by atoms with Crippen molar-refractivity contribution in [3.05, 3.63) is 12.7 Å². The second-order valence-electron chi connectivity index (χ2n) is 5.59. The van der Waals surface area contributed by atoms with Crippen LogP contribution in [0.3, 0.4) is 0 Å². The molecule has 0 aromatic carbocycles. The Bertz CT molecular complexity index is 209. The molecule has 106 valence electrons. The van der Waals surface area contributed by atoms with Crippen molar-refractivity contribution in [3.63, 3.8) is 0 Å². The summed E-state index contributed by atoms with van der Waals surface area (Å²) in [6.07, 6.45) is 13.6. The third kappa shape index (κ3) is 5.53. The van der Waals surface area contributed by atoms with Crippen molar-refractivity contribution >= 4 is 0 Å². The summed E-state index contributed by atoms with van der Waals surface area (Å²) in [4.78, 5) is 0. The third-order valence-electron chi connectivity index (χ3n) is 4.17. The molecule has 0 saturated heterocycles. The van der Waals surface area contributed by atoms with Crippen molar-refractivity contribution in [1.29, 1.82) is 0 Å². The maximum atomic E-state index is 10.3. The lowest BCUT2D eigenvalue weighted by Gasteiger charge is -2.32. The Morgan fingerprint density at radius 1 is 1.22 bits per heavy atom. The number of aliphatic hydroxyl groups is 1. The lowest BCUT2D eigenvalue weighted by molar-refractivity contribution is -0.0577. The van der Waals surface area contributed by atoms with Gasteiger partial charge in [-0.25, -0.2) is 0 Å². The second kappa shape index (κ2) is 9.57.